The molecular formula is C17H30N2O. The van der Waals surface area contributed by atoms with Gasteiger partial charge < -0.3 is 10.2 Å². The minimum atomic E-state index is 0.400. The number of nitrogens with zero attached hydrogens (tertiary/aromatic N) is 1. The van der Waals surface area contributed by atoms with E-state index in [1.54, 1.807) is 0 Å². The van der Waals surface area contributed by atoms with Crippen LogP contribution in [0.5, 0.6) is 0 Å². The fourth-order valence-corrected chi connectivity index (χ4v) is 4.68. The average molecular weight is 278 g/mol. The minimum absolute atomic E-state index is 0.400. The Hall–Kier alpha value is -0.570. The van der Waals surface area contributed by atoms with E-state index in [0.717, 1.165) is 43.8 Å². The van der Waals surface area contributed by atoms with Crippen molar-refractivity contribution in [2.75, 3.05) is 26.7 Å². The highest BCUT2D eigenvalue weighted by molar-refractivity contribution is 5.76. The standard InChI is InChI=1S/C17H30N2O/c1-19(9-6-13-4-7-18-8-5-13)17(20)12-16-11-14-2-3-15(16)10-14/h13-16,18H,2-12H2,1H3. The Morgan fingerprint density at radius 1 is 1.15 bits per heavy atom. The van der Waals surface area contributed by atoms with Crippen LogP contribution in [0.4, 0.5) is 0 Å². The van der Waals surface area contributed by atoms with Gasteiger partial charge in [0.1, 0.15) is 0 Å². The molecule has 3 aliphatic rings. The van der Waals surface area contributed by atoms with Crippen LogP contribution in [-0.2, 0) is 4.79 Å². The van der Waals surface area contributed by atoms with Crippen LogP contribution in [0.25, 0.3) is 0 Å². The van der Waals surface area contributed by atoms with Crippen molar-refractivity contribution < 1.29 is 4.79 Å². The zero-order valence-electron chi connectivity index (χ0n) is 12.9. The second kappa shape index (κ2) is 6.46. The summed E-state index contributed by atoms with van der Waals surface area (Å²) >= 11 is 0. The second-order valence-electron chi connectivity index (χ2n) is 7.44. The van der Waals surface area contributed by atoms with Crippen molar-refractivity contribution >= 4 is 5.91 Å². The molecule has 0 spiro atoms. The van der Waals surface area contributed by atoms with Crippen LogP contribution in [-0.4, -0.2) is 37.5 Å². The summed E-state index contributed by atoms with van der Waals surface area (Å²) in [6.07, 6.45) is 10.2. The first kappa shape index (κ1) is 14.4. The number of hydrogen-bond acceptors (Lipinski definition) is 2. The topological polar surface area (TPSA) is 32.3 Å². The number of nitrogens with one attached hydrogen (secondary N) is 1. The lowest BCUT2D eigenvalue weighted by molar-refractivity contribution is -0.131. The first-order valence-electron chi connectivity index (χ1n) is 8.67. The van der Waals surface area contributed by atoms with E-state index in [1.165, 1.54) is 44.9 Å². The lowest BCUT2D eigenvalue weighted by Crippen LogP contribution is -2.33. The number of fused-ring (bicyclic) bond motifs is 2. The zero-order valence-corrected chi connectivity index (χ0v) is 12.9. The van der Waals surface area contributed by atoms with Gasteiger partial charge in [-0.3, -0.25) is 4.79 Å². The molecule has 20 heavy (non-hydrogen) atoms. The third-order valence-electron chi connectivity index (χ3n) is 6.08. The monoisotopic (exact) mass is 278 g/mol. The molecule has 0 radical (unpaired) electrons. The predicted octanol–water partition coefficient (Wildman–Crippen LogP) is 2.66. The van der Waals surface area contributed by atoms with E-state index in [-0.39, 0.29) is 0 Å². The zero-order chi connectivity index (χ0) is 13.9. The van der Waals surface area contributed by atoms with Gasteiger partial charge in [0.15, 0.2) is 0 Å². The van der Waals surface area contributed by atoms with Crippen LogP contribution >= 0.6 is 0 Å². The first-order valence-corrected chi connectivity index (χ1v) is 8.67. The molecule has 114 valence electrons. The van der Waals surface area contributed by atoms with Gasteiger partial charge in [0.05, 0.1) is 0 Å². The Labute approximate surface area is 123 Å². The maximum atomic E-state index is 12.4. The molecule has 0 aromatic rings. The van der Waals surface area contributed by atoms with Gasteiger partial charge in [-0.2, -0.15) is 0 Å². The molecule has 3 rings (SSSR count). The molecular weight excluding hydrogens is 248 g/mol. The van der Waals surface area contributed by atoms with Crippen LogP contribution in [0.15, 0.2) is 0 Å². The summed E-state index contributed by atoms with van der Waals surface area (Å²) in [5.74, 6) is 3.77. The molecule has 3 unspecified atom stereocenters. The summed E-state index contributed by atoms with van der Waals surface area (Å²) in [4.78, 5) is 14.4. The van der Waals surface area contributed by atoms with E-state index >= 15 is 0 Å². The fourth-order valence-electron chi connectivity index (χ4n) is 4.68. The van der Waals surface area contributed by atoms with Crippen molar-refractivity contribution in [3.05, 3.63) is 0 Å². The number of piperidine rings is 1. The Morgan fingerprint density at radius 3 is 2.60 bits per heavy atom. The molecule has 2 bridgehead atoms. The Bertz CT molecular complexity index is 338. The quantitative estimate of drug-likeness (QED) is 0.838. The summed E-state index contributed by atoms with van der Waals surface area (Å²) in [7, 11) is 2.01. The van der Waals surface area contributed by atoms with Gasteiger partial charge in [0.25, 0.3) is 0 Å². The SMILES string of the molecule is CN(CCC1CCNCC1)C(=O)CC1CC2CCC1C2. The summed E-state index contributed by atoms with van der Waals surface area (Å²) in [5, 5.41) is 3.41. The lowest BCUT2D eigenvalue weighted by atomic mass is 9.86. The molecule has 2 aliphatic carbocycles. The molecule has 1 saturated heterocycles. The number of carbonyl (C=O) groups is 1. The number of amides is 1. The fraction of sp³-hybridized carbons (Fsp3) is 0.941. The summed E-state index contributed by atoms with van der Waals surface area (Å²) in [6, 6.07) is 0. The molecule has 1 N–H and O–H groups in total. The largest absolute Gasteiger partial charge is 0.346 e. The van der Waals surface area contributed by atoms with Gasteiger partial charge in [-0.1, -0.05) is 6.42 Å². The van der Waals surface area contributed by atoms with Crippen LogP contribution in [0.3, 0.4) is 0 Å². The highest BCUT2D eigenvalue weighted by Gasteiger charge is 2.40. The first-order chi connectivity index (χ1) is 9.72. The van der Waals surface area contributed by atoms with Crippen molar-refractivity contribution in [3.63, 3.8) is 0 Å². The molecule has 3 heteroatoms. The molecule has 3 atom stereocenters. The average Bonchev–Trinajstić information content (AvgIpc) is 3.08. The van der Waals surface area contributed by atoms with E-state index < -0.39 is 0 Å². The summed E-state index contributed by atoms with van der Waals surface area (Å²) in [5.41, 5.74) is 0. The molecule has 3 fully saturated rings. The molecule has 1 amide bonds. The third kappa shape index (κ3) is 3.36. The van der Waals surface area contributed by atoms with E-state index in [0.29, 0.717) is 11.8 Å². The summed E-state index contributed by atoms with van der Waals surface area (Å²) in [6.45, 7) is 3.28. The maximum Gasteiger partial charge on any atom is 0.222 e. The van der Waals surface area contributed by atoms with Gasteiger partial charge in [0.2, 0.25) is 5.91 Å². The number of carbonyl (C=O) groups excluding carboxylic acids is 1. The van der Waals surface area contributed by atoms with Gasteiger partial charge in [-0.25, -0.2) is 0 Å². The smallest absolute Gasteiger partial charge is 0.222 e. The Morgan fingerprint density at radius 2 is 1.95 bits per heavy atom. The van der Waals surface area contributed by atoms with E-state index in [9.17, 15) is 4.79 Å². The maximum absolute atomic E-state index is 12.4. The third-order valence-corrected chi connectivity index (χ3v) is 6.08. The van der Waals surface area contributed by atoms with Crippen LogP contribution < -0.4 is 5.32 Å². The summed E-state index contributed by atoms with van der Waals surface area (Å²) < 4.78 is 0. The molecule has 1 heterocycles. The van der Waals surface area contributed by atoms with Gasteiger partial charge in [-0.15, -0.1) is 0 Å². The van der Waals surface area contributed by atoms with Crippen molar-refractivity contribution in [1.29, 1.82) is 0 Å². The second-order valence-corrected chi connectivity index (χ2v) is 7.44. The van der Waals surface area contributed by atoms with Crippen LogP contribution in [0.2, 0.25) is 0 Å². The lowest BCUT2D eigenvalue weighted by Gasteiger charge is -2.27. The number of rotatable bonds is 5. The van der Waals surface area contributed by atoms with E-state index in [2.05, 4.69) is 5.32 Å². The van der Waals surface area contributed by atoms with E-state index in [4.69, 9.17) is 0 Å². The van der Waals surface area contributed by atoms with Crippen molar-refractivity contribution in [1.82, 2.24) is 10.2 Å². The Kier molecular flexibility index (Phi) is 4.65. The number of hydrogen-bond donors (Lipinski definition) is 1. The van der Waals surface area contributed by atoms with Crippen molar-refractivity contribution in [3.8, 4) is 0 Å². The van der Waals surface area contributed by atoms with E-state index in [1.807, 2.05) is 11.9 Å². The van der Waals surface area contributed by atoms with Crippen LogP contribution in [0, 0.1) is 23.7 Å². The molecule has 3 nitrogen and oxygen atoms in total. The molecule has 0 aromatic heterocycles. The molecule has 1 aliphatic heterocycles. The predicted molar refractivity (Wildman–Crippen MR) is 81.4 cm³/mol. The van der Waals surface area contributed by atoms with Crippen LogP contribution in [0.1, 0.15) is 51.4 Å². The van der Waals surface area contributed by atoms with Gasteiger partial charge in [-0.05, 0) is 75.3 Å². The van der Waals surface area contributed by atoms with Gasteiger partial charge in [0, 0.05) is 20.0 Å². The molecule has 2 saturated carbocycles. The van der Waals surface area contributed by atoms with Crippen molar-refractivity contribution in [2.45, 2.75) is 51.4 Å². The van der Waals surface area contributed by atoms with Gasteiger partial charge >= 0.3 is 0 Å². The Balaban J connectivity index is 1.38. The molecule has 0 aromatic carbocycles. The highest BCUT2D eigenvalue weighted by Crippen LogP contribution is 2.49. The van der Waals surface area contributed by atoms with Crippen molar-refractivity contribution in [2.24, 2.45) is 23.7 Å². The normalized spacial score (nSPS) is 33.5. The highest BCUT2D eigenvalue weighted by atomic mass is 16.2. The minimum Gasteiger partial charge on any atom is -0.346 e.